The molecule has 4 rings (SSSR count). The molecular formula is C17H12ClN7O2. The van der Waals surface area contributed by atoms with Gasteiger partial charge in [-0.15, -0.1) is 5.10 Å². The van der Waals surface area contributed by atoms with Crippen LogP contribution in [0.2, 0.25) is 5.02 Å². The van der Waals surface area contributed by atoms with E-state index in [0.717, 1.165) is 0 Å². The highest BCUT2D eigenvalue weighted by atomic mass is 35.5. The zero-order chi connectivity index (χ0) is 18.8. The zero-order valence-corrected chi connectivity index (χ0v) is 14.5. The van der Waals surface area contributed by atoms with Gasteiger partial charge in [0.2, 0.25) is 0 Å². The van der Waals surface area contributed by atoms with Gasteiger partial charge in [-0.25, -0.2) is 9.50 Å². The minimum atomic E-state index is -0.499. The van der Waals surface area contributed by atoms with Crippen molar-refractivity contribution in [2.24, 2.45) is 0 Å². The Bertz CT molecular complexity index is 1130. The number of nitrogens with two attached hydrogens (primary N) is 1. The largest absolute Gasteiger partial charge is 0.453 e. The second-order valence-electron chi connectivity index (χ2n) is 5.42. The van der Waals surface area contributed by atoms with Crippen LogP contribution < -0.4 is 15.8 Å². The Hall–Kier alpha value is -3.72. The molecule has 0 fully saturated rings. The molecular weight excluding hydrogens is 370 g/mol. The van der Waals surface area contributed by atoms with Crippen molar-refractivity contribution in [3.63, 3.8) is 0 Å². The molecule has 0 saturated heterocycles. The zero-order valence-electron chi connectivity index (χ0n) is 13.7. The number of rotatable bonds is 4. The molecule has 0 aliphatic heterocycles. The van der Waals surface area contributed by atoms with Gasteiger partial charge in [0.05, 0.1) is 23.6 Å². The van der Waals surface area contributed by atoms with Crippen molar-refractivity contribution in [3.8, 4) is 11.5 Å². The minimum Gasteiger partial charge on any atom is -0.453 e. The second-order valence-corrected chi connectivity index (χ2v) is 5.85. The molecule has 0 bridgehead atoms. The lowest BCUT2D eigenvalue weighted by atomic mass is 10.2. The van der Waals surface area contributed by atoms with Crippen LogP contribution in [-0.2, 0) is 0 Å². The first-order valence-corrected chi connectivity index (χ1v) is 8.12. The third kappa shape index (κ3) is 3.35. The number of carbonyl (C=O) groups excluding carboxylic acids is 1. The number of amides is 1. The van der Waals surface area contributed by atoms with E-state index in [-0.39, 0.29) is 17.0 Å². The Labute approximate surface area is 157 Å². The third-order valence-corrected chi connectivity index (χ3v) is 3.78. The second kappa shape index (κ2) is 6.89. The van der Waals surface area contributed by atoms with Crippen LogP contribution in [0.1, 0.15) is 10.4 Å². The molecule has 0 saturated carbocycles. The maximum atomic E-state index is 12.8. The summed E-state index contributed by atoms with van der Waals surface area (Å²) < 4.78 is 7.11. The monoisotopic (exact) mass is 381 g/mol. The van der Waals surface area contributed by atoms with Gasteiger partial charge in [-0.05, 0) is 12.1 Å². The third-order valence-electron chi connectivity index (χ3n) is 3.59. The fraction of sp³-hybridized carbons (Fsp3) is 0. The summed E-state index contributed by atoms with van der Waals surface area (Å²) >= 11 is 5.89. The van der Waals surface area contributed by atoms with E-state index in [0.29, 0.717) is 22.2 Å². The first kappa shape index (κ1) is 16.7. The van der Waals surface area contributed by atoms with Crippen LogP contribution in [0.5, 0.6) is 11.5 Å². The van der Waals surface area contributed by atoms with Gasteiger partial charge in [-0.1, -0.05) is 11.6 Å². The van der Waals surface area contributed by atoms with Gasteiger partial charge in [0.25, 0.3) is 5.91 Å². The Morgan fingerprint density at radius 3 is 2.85 bits per heavy atom. The molecule has 134 valence electrons. The predicted molar refractivity (Wildman–Crippen MR) is 98.9 cm³/mol. The molecule has 0 spiro atoms. The normalized spacial score (nSPS) is 10.7. The Kier molecular flexibility index (Phi) is 4.27. The van der Waals surface area contributed by atoms with E-state index in [4.69, 9.17) is 22.1 Å². The average Bonchev–Trinajstić information content (AvgIpc) is 2.99. The maximum Gasteiger partial charge on any atom is 0.263 e. The molecule has 4 heterocycles. The van der Waals surface area contributed by atoms with Crippen LogP contribution in [-0.4, -0.2) is 30.5 Å². The predicted octanol–water partition coefficient (Wildman–Crippen LogP) is 2.80. The number of nitrogens with one attached hydrogen (secondary N) is 1. The summed E-state index contributed by atoms with van der Waals surface area (Å²) in [6.07, 6.45) is 9.14. The standard InChI is InChI=1S/C17H12ClN7O2/c18-10-6-22-16-14(15(19)24-25(16)9-10)17(26)23-12-8-21-5-3-13(12)27-11-2-1-4-20-7-11/h1-9H,(H2,19,24)(H,23,26). The van der Waals surface area contributed by atoms with Crippen LogP contribution in [0, 0.1) is 0 Å². The number of nitrogen functional groups attached to an aromatic ring is 1. The van der Waals surface area contributed by atoms with E-state index >= 15 is 0 Å². The van der Waals surface area contributed by atoms with Gasteiger partial charge in [0, 0.05) is 24.7 Å². The Balaban J connectivity index is 1.65. The van der Waals surface area contributed by atoms with Gasteiger partial charge in [-0.3, -0.25) is 14.8 Å². The molecule has 4 aromatic rings. The number of halogens is 1. The molecule has 3 N–H and O–H groups in total. The van der Waals surface area contributed by atoms with E-state index in [1.165, 1.54) is 23.1 Å². The fourth-order valence-electron chi connectivity index (χ4n) is 2.43. The van der Waals surface area contributed by atoms with E-state index in [9.17, 15) is 4.79 Å². The fourth-order valence-corrected chi connectivity index (χ4v) is 2.57. The Morgan fingerprint density at radius 2 is 2.04 bits per heavy atom. The number of hydrogen-bond donors (Lipinski definition) is 2. The SMILES string of the molecule is Nc1nn2cc(Cl)cnc2c1C(=O)Nc1cnccc1Oc1cccnc1. The molecule has 27 heavy (non-hydrogen) atoms. The van der Waals surface area contributed by atoms with Crippen molar-refractivity contribution in [2.45, 2.75) is 0 Å². The number of nitrogens with zero attached hydrogens (tertiary/aromatic N) is 5. The number of pyridine rings is 2. The first-order valence-electron chi connectivity index (χ1n) is 7.74. The van der Waals surface area contributed by atoms with E-state index < -0.39 is 5.91 Å². The van der Waals surface area contributed by atoms with Crippen LogP contribution in [0.25, 0.3) is 5.65 Å². The molecule has 0 aromatic carbocycles. The number of hydrogen-bond acceptors (Lipinski definition) is 7. The lowest BCUT2D eigenvalue weighted by Gasteiger charge is -2.11. The molecule has 0 atom stereocenters. The van der Waals surface area contributed by atoms with Crippen molar-refractivity contribution in [1.82, 2.24) is 24.6 Å². The van der Waals surface area contributed by atoms with Crippen LogP contribution in [0.3, 0.4) is 0 Å². The summed E-state index contributed by atoms with van der Waals surface area (Å²) in [5.74, 6) is 0.450. The molecule has 0 aliphatic rings. The highest BCUT2D eigenvalue weighted by Crippen LogP contribution is 2.29. The van der Waals surface area contributed by atoms with Crippen molar-refractivity contribution in [3.05, 3.63) is 66.0 Å². The topological polar surface area (TPSA) is 120 Å². The smallest absolute Gasteiger partial charge is 0.263 e. The summed E-state index contributed by atoms with van der Waals surface area (Å²) in [6.45, 7) is 0. The summed E-state index contributed by atoms with van der Waals surface area (Å²) in [5, 5.41) is 7.16. The summed E-state index contributed by atoms with van der Waals surface area (Å²) in [4.78, 5) is 24.9. The lowest BCUT2D eigenvalue weighted by Crippen LogP contribution is -2.14. The van der Waals surface area contributed by atoms with Gasteiger partial charge >= 0.3 is 0 Å². The first-order chi connectivity index (χ1) is 13.1. The van der Waals surface area contributed by atoms with Gasteiger partial charge in [0.15, 0.2) is 17.2 Å². The summed E-state index contributed by atoms with van der Waals surface area (Å²) in [5.41, 5.74) is 6.66. The van der Waals surface area contributed by atoms with Crippen LogP contribution in [0.15, 0.2) is 55.4 Å². The number of fused-ring (bicyclic) bond motifs is 1. The number of carbonyl (C=O) groups is 1. The molecule has 0 radical (unpaired) electrons. The number of ether oxygens (including phenoxy) is 1. The quantitative estimate of drug-likeness (QED) is 0.557. The van der Waals surface area contributed by atoms with Crippen molar-refractivity contribution in [1.29, 1.82) is 0 Å². The Morgan fingerprint density at radius 1 is 1.19 bits per heavy atom. The van der Waals surface area contributed by atoms with Crippen molar-refractivity contribution >= 4 is 34.7 Å². The molecule has 10 heteroatoms. The molecule has 0 aliphatic carbocycles. The van der Waals surface area contributed by atoms with E-state index in [2.05, 4.69) is 25.4 Å². The van der Waals surface area contributed by atoms with Crippen LogP contribution in [0.4, 0.5) is 11.5 Å². The minimum absolute atomic E-state index is 0.0286. The van der Waals surface area contributed by atoms with Crippen molar-refractivity contribution < 1.29 is 9.53 Å². The van der Waals surface area contributed by atoms with Crippen LogP contribution >= 0.6 is 11.6 Å². The lowest BCUT2D eigenvalue weighted by molar-refractivity contribution is 0.102. The number of anilines is 2. The van der Waals surface area contributed by atoms with Gasteiger partial charge in [-0.2, -0.15) is 0 Å². The van der Waals surface area contributed by atoms with Gasteiger partial charge < -0.3 is 15.8 Å². The van der Waals surface area contributed by atoms with Crippen molar-refractivity contribution in [2.75, 3.05) is 11.1 Å². The maximum absolute atomic E-state index is 12.8. The summed E-state index contributed by atoms with van der Waals surface area (Å²) in [6, 6.07) is 5.11. The van der Waals surface area contributed by atoms with Gasteiger partial charge in [0.1, 0.15) is 17.0 Å². The molecule has 4 aromatic heterocycles. The van der Waals surface area contributed by atoms with E-state index in [1.807, 2.05) is 0 Å². The highest BCUT2D eigenvalue weighted by molar-refractivity contribution is 6.30. The molecule has 9 nitrogen and oxygen atoms in total. The highest BCUT2D eigenvalue weighted by Gasteiger charge is 2.21. The molecule has 0 unspecified atom stereocenters. The number of aromatic nitrogens is 5. The molecule has 1 amide bonds. The average molecular weight is 382 g/mol. The summed E-state index contributed by atoms with van der Waals surface area (Å²) in [7, 11) is 0. The van der Waals surface area contributed by atoms with E-state index in [1.54, 1.807) is 36.8 Å².